The Labute approximate surface area is 167 Å². The van der Waals surface area contributed by atoms with Crippen LogP contribution in [0.25, 0.3) is 0 Å². The fourth-order valence-electron chi connectivity index (χ4n) is 5.01. The summed E-state index contributed by atoms with van der Waals surface area (Å²) in [4.78, 5) is 0. The summed E-state index contributed by atoms with van der Waals surface area (Å²) < 4.78 is 30.4. The fraction of sp³-hybridized carbons (Fsp3) is 0.696. The lowest BCUT2D eigenvalue weighted by Gasteiger charge is -2.38. The summed E-state index contributed by atoms with van der Waals surface area (Å²) in [5.74, 6) is 1.66. The highest BCUT2D eigenvalue weighted by Crippen LogP contribution is 2.43. The second kappa shape index (κ2) is 9.35. The van der Waals surface area contributed by atoms with Gasteiger partial charge in [-0.15, -0.1) is 0 Å². The molecule has 28 heavy (non-hydrogen) atoms. The van der Waals surface area contributed by atoms with Gasteiger partial charge in [-0.1, -0.05) is 6.07 Å². The van der Waals surface area contributed by atoms with Gasteiger partial charge >= 0.3 is 0 Å². The molecule has 4 nitrogen and oxygen atoms in total. The Morgan fingerprint density at radius 2 is 1.71 bits per heavy atom. The van der Waals surface area contributed by atoms with Crippen molar-refractivity contribution in [1.82, 2.24) is 0 Å². The molecule has 2 saturated carbocycles. The van der Waals surface area contributed by atoms with Crippen LogP contribution in [-0.2, 0) is 14.2 Å². The van der Waals surface area contributed by atoms with E-state index in [2.05, 4.69) is 0 Å². The molecule has 3 fully saturated rings. The molecule has 4 rings (SSSR count). The number of hydrogen-bond acceptors (Lipinski definition) is 4. The van der Waals surface area contributed by atoms with Crippen molar-refractivity contribution in [1.29, 1.82) is 5.26 Å². The van der Waals surface area contributed by atoms with Crippen molar-refractivity contribution in [3.05, 3.63) is 35.1 Å². The molecule has 1 aliphatic heterocycles. The molecule has 0 radical (unpaired) electrons. The Kier molecular flexibility index (Phi) is 6.61. The Morgan fingerprint density at radius 1 is 1.04 bits per heavy atom. The Balaban J connectivity index is 1.17. The highest BCUT2D eigenvalue weighted by Gasteiger charge is 2.32. The molecule has 3 aliphatic rings. The molecular weight excluding hydrogens is 357 g/mol. The van der Waals surface area contributed by atoms with E-state index >= 15 is 0 Å². The van der Waals surface area contributed by atoms with Gasteiger partial charge in [0.2, 0.25) is 0 Å². The molecular formula is C23H30FNO3. The van der Waals surface area contributed by atoms with E-state index in [-0.39, 0.29) is 11.4 Å². The minimum atomic E-state index is -0.380. The molecule has 1 saturated heterocycles. The van der Waals surface area contributed by atoms with Crippen molar-refractivity contribution in [2.75, 3.05) is 20.0 Å². The van der Waals surface area contributed by atoms with Crippen molar-refractivity contribution in [3.63, 3.8) is 0 Å². The number of nitriles is 1. The normalized spacial score (nSPS) is 32.6. The number of hydrogen-bond donors (Lipinski definition) is 0. The smallest absolute Gasteiger partial charge is 0.147 e. The summed E-state index contributed by atoms with van der Waals surface area (Å²) in [5, 5.41) is 8.89. The van der Waals surface area contributed by atoms with Crippen LogP contribution in [0.4, 0.5) is 4.39 Å². The van der Waals surface area contributed by atoms with Gasteiger partial charge in [-0.2, -0.15) is 5.26 Å². The summed E-state index contributed by atoms with van der Waals surface area (Å²) in [7, 11) is 0. The van der Waals surface area contributed by atoms with Crippen LogP contribution in [0.5, 0.6) is 0 Å². The lowest BCUT2D eigenvalue weighted by Crippen LogP contribution is -2.29. The quantitative estimate of drug-likeness (QED) is 0.379. The minimum absolute atomic E-state index is 0.141. The van der Waals surface area contributed by atoms with Crippen LogP contribution in [0.1, 0.15) is 68.4 Å². The maximum absolute atomic E-state index is 13.9. The van der Waals surface area contributed by atoms with Gasteiger partial charge in [0, 0.05) is 0 Å². The fourth-order valence-corrected chi connectivity index (χ4v) is 5.01. The van der Waals surface area contributed by atoms with Crippen LogP contribution < -0.4 is 0 Å². The topological polar surface area (TPSA) is 54.8 Å². The van der Waals surface area contributed by atoms with Crippen molar-refractivity contribution in [2.24, 2.45) is 11.8 Å². The van der Waals surface area contributed by atoms with Gasteiger partial charge in [-0.05, 0) is 86.8 Å². The van der Waals surface area contributed by atoms with E-state index in [0.29, 0.717) is 31.5 Å². The number of rotatable bonds is 7. The van der Waals surface area contributed by atoms with Gasteiger partial charge in [-0.3, -0.25) is 0 Å². The zero-order valence-electron chi connectivity index (χ0n) is 16.4. The van der Waals surface area contributed by atoms with Gasteiger partial charge in [-0.25, -0.2) is 4.39 Å². The predicted octanol–water partition coefficient (Wildman–Crippen LogP) is 4.92. The van der Waals surface area contributed by atoms with Crippen molar-refractivity contribution in [2.45, 2.75) is 69.5 Å². The summed E-state index contributed by atoms with van der Waals surface area (Å²) in [5.41, 5.74) is 1.20. The highest BCUT2D eigenvalue weighted by molar-refractivity contribution is 5.34. The molecule has 0 spiro atoms. The average Bonchev–Trinajstić information content (AvgIpc) is 3.56. The van der Waals surface area contributed by atoms with Crippen molar-refractivity contribution < 1.29 is 18.6 Å². The zero-order chi connectivity index (χ0) is 19.3. The lowest BCUT2D eigenvalue weighted by atomic mass is 9.69. The van der Waals surface area contributed by atoms with E-state index in [9.17, 15) is 4.39 Å². The van der Waals surface area contributed by atoms with Crippen molar-refractivity contribution >= 4 is 0 Å². The summed E-state index contributed by atoms with van der Waals surface area (Å²) in [6.45, 7) is 1.87. The molecule has 2 aliphatic carbocycles. The third-order valence-electron chi connectivity index (χ3n) is 6.84. The second-order valence-corrected chi connectivity index (χ2v) is 8.61. The maximum atomic E-state index is 13.9. The van der Waals surface area contributed by atoms with Gasteiger partial charge in [0.15, 0.2) is 0 Å². The molecule has 1 atom stereocenters. The molecule has 1 aromatic carbocycles. The van der Waals surface area contributed by atoms with E-state index in [4.69, 9.17) is 19.5 Å². The zero-order valence-corrected chi connectivity index (χ0v) is 16.4. The molecule has 0 amide bonds. The Hall–Kier alpha value is -1.48. The van der Waals surface area contributed by atoms with Crippen LogP contribution >= 0.6 is 0 Å². The maximum Gasteiger partial charge on any atom is 0.147 e. The second-order valence-electron chi connectivity index (χ2n) is 8.61. The minimum Gasteiger partial charge on any atom is -0.371 e. The lowest BCUT2D eigenvalue weighted by molar-refractivity contribution is -0.106. The molecule has 0 aromatic heterocycles. The highest BCUT2D eigenvalue weighted by atomic mass is 19.1. The number of nitrogens with zero attached hydrogens (tertiary/aromatic N) is 1. The van der Waals surface area contributed by atoms with E-state index < -0.39 is 0 Å². The molecule has 1 aromatic rings. The SMILES string of the molecule is N#Cc1ccc(C2CCC(C3CCC(OCOCC4CO4)CC3)CC2)cc1F. The van der Waals surface area contributed by atoms with Crippen LogP contribution in [0, 0.1) is 29.0 Å². The third-order valence-corrected chi connectivity index (χ3v) is 6.84. The molecule has 0 bridgehead atoms. The van der Waals surface area contributed by atoms with Gasteiger partial charge in [0.05, 0.1) is 24.9 Å². The predicted molar refractivity (Wildman–Crippen MR) is 103 cm³/mol. The largest absolute Gasteiger partial charge is 0.371 e. The molecule has 0 N–H and O–H groups in total. The first-order valence-electron chi connectivity index (χ1n) is 10.7. The number of epoxide rings is 1. The van der Waals surface area contributed by atoms with Crippen LogP contribution in [0.2, 0.25) is 0 Å². The monoisotopic (exact) mass is 387 g/mol. The van der Waals surface area contributed by atoms with E-state index in [1.165, 1.54) is 25.7 Å². The van der Waals surface area contributed by atoms with Crippen LogP contribution in [0.15, 0.2) is 18.2 Å². The van der Waals surface area contributed by atoms with Gasteiger partial charge in [0.1, 0.15) is 24.8 Å². The van der Waals surface area contributed by atoms with Crippen LogP contribution in [-0.4, -0.2) is 32.2 Å². The van der Waals surface area contributed by atoms with E-state index in [1.807, 2.05) is 12.1 Å². The summed E-state index contributed by atoms with van der Waals surface area (Å²) >= 11 is 0. The molecule has 1 unspecified atom stereocenters. The standard InChI is InChI=1S/C23H30FNO3/c24-23-11-19(5-6-20(23)12-25)18-3-1-16(2-4-18)17-7-9-21(10-8-17)28-15-26-13-22-14-27-22/h5-6,11,16-18,21-22H,1-4,7-10,13-15H2. The Morgan fingerprint density at radius 3 is 2.32 bits per heavy atom. The van der Waals surface area contributed by atoms with E-state index in [0.717, 1.165) is 49.7 Å². The summed E-state index contributed by atoms with van der Waals surface area (Å²) in [6, 6.07) is 7.04. The first-order valence-corrected chi connectivity index (χ1v) is 10.7. The van der Waals surface area contributed by atoms with Crippen LogP contribution in [0.3, 0.4) is 0 Å². The Bertz CT molecular complexity index is 684. The average molecular weight is 387 g/mol. The molecule has 1 heterocycles. The summed E-state index contributed by atoms with van der Waals surface area (Å²) in [6.07, 6.45) is 10.1. The first kappa shape index (κ1) is 19.8. The third kappa shape index (κ3) is 5.11. The van der Waals surface area contributed by atoms with Gasteiger partial charge < -0.3 is 14.2 Å². The number of benzene rings is 1. The molecule has 152 valence electrons. The van der Waals surface area contributed by atoms with Gasteiger partial charge in [0.25, 0.3) is 0 Å². The molecule has 5 heteroatoms. The number of halogens is 1. The van der Waals surface area contributed by atoms with E-state index in [1.54, 1.807) is 12.1 Å². The first-order chi connectivity index (χ1) is 13.7. The number of ether oxygens (including phenoxy) is 3. The van der Waals surface area contributed by atoms with Crippen molar-refractivity contribution in [3.8, 4) is 6.07 Å².